The van der Waals surface area contributed by atoms with E-state index in [9.17, 15) is 4.79 Å². The minimum atomic E-state index is -0.245. The van der Waals surface area contributed by atoms with Gasteiger partial charge in [0, 0.05) is 25.8 Å². The van der Waals surface area contributed by atoms with E-state index in [0.717, 1.165) is 5.56 Å². The summed E-state index contributed by atoms with van der Waals surface area (Å²) in [4.78, 5) is 11.7. The molecular weight excluding hydrogens is 280 g/mol. The largest absolute Gasteiger partial charge is 0.383 e. The molecule has 20 heavy (non-hydrogen) atoms. The van der Waals surface area contributed by atoms with Crippen LogP contribution in [0.25, 0.3) is 0 Å². The molecule has 0 bridgehead atoms. The lowest BCUT2D eigenvalue weighted by Crippen LogP contribution is -2.44. The van der Waals surface area contributed by atoms with Crippen molar-refractivity contribution in [3.05, 3.63) is 34.9 Å². The second-order valence-electron chi connectivity index (χ2n) is 4.39. The Bertz CT molecular complexity index is 411. The number of hydrogen-bond acceptors (Lipinski definition) is 3. The maximum Gasteiger partial charge on any atom is 0.315 e. The predicted octanol–water partition coefficient (Wildman–Crippen LogP) is 2.36. The number of methoxy groups -OCH3 is 2. The Labute approximate surface area is 124 Å². The zero-order chi connectivity index (χ0) is 15.0. The third kappa shape index (κ3) is 5.36. The van der Waals surface area contributed by atoms with Gasteiger partial charge in [0.2, 0.25) is 0 Å². The Morgan fingerprint density at radius 2 is 1.95 bits per heavy atom. The summed E-state index contributed by atoms with van der Waals surface area (Å²) in [5.41, 5.74) is 0.960. The monoisotopic (exact) mass is 300 g/mol. The molecular formula is C14H21ClN2O3. The number of halogens is 1. The first-order valence-corrected chi connectivity index (χ1v) is 6.77. The molecule has 112 valence electrons. The Morgan fingerprint density at radius 1 is 1.30 bits per heavy atom. The summed E-state index contributed by atoms with van der Waals surface area (Å²) in [7, 11) is 3.20. The van der Waals surface area contributed by atoms with Gasteiger partial charge in [-0.05, 0) is 24.6 Å². The van der Waals surface area contributed by atoms with Gasteiger partial charge in [0.05, 0.1) is 12.6 Å². The maximum absolute atomic E-state index is 11.7. The van der Waals surface area contributed by atoms with E-state index in [1.165, 1.54) is 0 Å². The third-order valence-electron chi connectivity index (χ3n) is 2.86. The number of rotatable bonds is 7. The summed E-state index contributed by atoms with van der Waals surface area (Å²) < 4.78 is 10.3. The van der Waals surface area contributed by atoms with Crippen molar-refractivity contribution in [2.45, 2.75) is 19.1 Å². The lowest BCUT2D eigenvalue weighted by atomic mass is 10.0. The number of carbonyl (C=O) groups is 1. The van der Waals surface area contributed by atoms with E-state index >= 15 is 0 Å². The lowest BCUT2D eigenvalue weighted by Gasteiger charge is -2.24. The van der Waals surface area contributed by atoms with E-state index in [2.05, 4.69) is 10.6 Å². The summed E-state index contributed by atoms with van der Waals surface area (Å²) in [6, 6.07) is 6.95. The maximum atomic E-state index is 11.7. The molecule has 0 saturated carbocycles. The molecule has 0 radical (unpaired) electrons. The van der Waals surface area contributed by atoms with Crippen molar-refractivity contribution in [1.29, 1.82) is 0 Å². The third-order valence-corrected chi connectivity index (χ3v) is 3.11. The van der Waals surface area contributed by atoms with Crippen molar-refractivity contribution >= 4 is 17.6 Å². The molecule has 6 heteroatoms. The average molecular weight is 301 g/mol. The van der Waals surface area contributed by atoms with Gasteiger partial charge in [-0.3, -0.25) is 0 Å². The van der Waals surface area contributed by atoms with Gasteiger partial charge < -0.3 is 20.1 Å². The highest BCUT2D eigenvalue weighted by Crippen LogP contribution is 2.22. The van der Waals surface area contributed by atoms with E-state index in [1.807, 2.05) is 19.1 Å². The normalized spacial score (nSPS) is 13.6. The van der Waals surface area contributed by atoms with Crippen LogP contribution in [0.15, 0.2) is 24.3 Å². The zero-order valence-corrected chi connectivity index (χ0v) is 12.7. The minimum absolute atomic E-state index is 0.177. The van der Waals surface area contributed by atoms with E-state index in [1.54, 1.807) is 26.4 Å². The summed E-state index contributed by atoms with van der Waals surface area (Å²) in [5, 5.41) is 6.21. The van der Waals surface area contributed by atoms with E-state index in [-0.39, 0.29) is 18.2 Å². The molecule has 0 spiro atoms. The Hall–Kier alpha value is -1.30. The van der Waals surface area contributed by atoms with Gasteiger partial charge in [0.1, 0.15) is 6.10 Å². The summed E-state index contributed by atoms with van der Waals surface area (Å²) in [6.07, 6.45) is -0.236. The van der Waals surface area contributed by atoms with Crippen molar-refractivity contribution in [1.82, 2.24) is 10.6 Å². The van der Waals surface area contributed by atoms with Crippen LogP contribution >= 0.6 is 11.6 Å². The molecule has 0 fully saturated rings. The average Bonchev–Trinajstić information content (AvgIpc) is 2.42. The number of hydrogen-bond donors (Lipinski definition) is 2. The molecule has 0 unspecified atom stereocenters. The summed E-state index contributed by atoms with van der Waals surface area (Å²) in [6.45, 7) is 2.83. The van der Waals surface area contributed by atoms with E-state index < -0.39 is 0 Å². The summed E-state index contributed by atoms with van der Waals surface area (Å²) >= 11 is 5.86. The number of benzene rings is 1. The Morgan fingerprint density at radius 3 is 2.50 bits per heavy atom. The standard InChI is InChI=1S/C14H21ClN2O3/c1-10(17-14(18)16-8-9-19-2)13(20-3)11-4-6-12(15)7-5-11/h4-7,10,13H,8-9H2,1-3H3,(H2,16,17,18)/t10-,13-/m1/s1. The molecule has 0 saturated heterocycles. The number of urea groups is 1. The first-order chi connectivity index (χ1) is 9.58. The first kappa shape index (κ1) is 16.8. The SMILES string of the molecule is COCCNC(=O)N[C@H](C)[C@@H](OC)c1ccc(Cl)cc1. The van der Waals surface area contributed by atoms with Crippen molar-refractivity contribution in [2.24, 2.45) is 0 Å². The second-order valence-corrected chi connectivity index (χ2v) is 4.83. The highest BCUT2D eigenvalue weighted by Gasteiger charge is 2.20. The van der Waals surface area contributed by atoms with Gasteiger partial charge in [0.25, 0.3) is 0 Å². The highest BCUT2D eigenvalue weighted by atomic mass is 35.5. The van der Waals surface area contributed by atoms with E-state index in [4.69, 9.17) is 21.1 Å². The van der Waals surface area contributed by atoms with Crippen molar-refractivity contribution < 1.29 is 14.3 Å². The van der Waals surface area contributed by atoms with Crippen LogP contribution in [0, 0.1) is 0 Å². The fourth-order valence-corrected chi connectivity index (χ4v) is 2.01. The molecule has 2 N–H and O–H groups in total. The topological polar surface area (TPSA) is 59.6 Å². The molecule has 0 aliphatic rings. The van der Waals surface area contributed by atoms with E-state index in [0.29, 0.717) is 18.2 Å². The Kier molecular flexibility index (Phi) is 7.36. The molecule has 1 rings (SSSR count). The molecule has 0 aromatic heterocycles. The highest BCUT2D eigenvalue weighted by molar-refractivity contribution is 6.30. The van der Waals surface area contributed by atoms with Crippen LogP contribution in [0.3, 0.4) is 0 Å². The van der Waals surface area contributed by atoms with Crippen LogP contribution < -0.4 is 10.6 Å². The molecule has 5 nitrogen and oxygen atoms in total. The molecule has 2 atom stereocenters. The molecule has 0 aliphatic carbocycles. The fraction of sp³-hybridized carbons (Fsp3) is 0.500. The van der Waals surface area contributed by atoms with Crippen LogP contribution in [0.4, 0.5) is 4.79 Å². The second kappa shape index (κ2) is 8.79. The van der Waals surface area contributed by atoms with Crippen LogP contribution in [-0.2, 0) is 9.47 Å². The predicted molar refractivity (Wildman–Crippen MR) is 79.1 cm³/mol. The smallest absolute Gasteiger partial charge is 0.315 e. The number of nitrogens with one attached hydrogen (secondary N) is 2. The van der Waals surface area contributed by atoms with Crippen LogP contribution in [-0.4, -0.2) is 39.4 Å². The quantitative estimate of drug-likeness (QED) is 0.760. The van der Waals surface area contributed by atoms with Gasteiger partial charge >= 0.3 is 6.03 Å². The van der Waals surface area contributed by atoms with Crippen LogP contribution in [0.2, 0.25) is 5.02 Å². The minimum Gasteiger partial charge on any atom is -0.383 e. The van der Waals surface area contributed by atoms with Gasteiger partial charge in [0.15, 0.2) is 0 Å². The number of ether oxygens (including phenoxy) is 2. The van der Waals surface area contributed by atoms with Crippen molar-refractivity contribution in [3.8, 4) is 0 Å². The Balaban J connectivity index is 2.56. The molecule has 0 aliphatic heterocycles. The van der Waals surface area contributed by atoms with Crippen LogP contribution in [0.5, 0.6) is 0 Å². The fourth-order valence-electron chi connectivity index (χ4n) is 1.88. The van der Waals surface area contributed by atoms with Crippen LogP contribution in [0.1, 0.15) is 18.6 Å². The summed E-state index contributed by atoms with van der Waals surface area (Å²) in [5.74, 6) is 0. The van der Waals surface area contributed by atoms with Gasteiger partial charge in [-0.2, -0.15) is 0 Å². The van der Waals surface area contributed by atoms with Crippen molar-refractivity contribution in [2.75, 3.05) is 27.4 Å². The van der Waals surface area contributed by atoms with Gasteiger partial charge in [-0.15, -0.1) is 0 Å². The molecule has 1 aromatic carbocycles. The number of carbonyl (C=O) groups excluding carboxylic acids is 1. The first-order valence-electron chi connectivity index (χ1n) is 6.40. The molecule has 0 heterocycles. The lowest BCUT2D eigenvalue weighted by molar-refractivity contribution is 0.0761. The van der Waals surface area contributed by atoms with Crippen molar-refractivity contribution in [3.63, 3.8) is 0 Å². The zero-order valence-electron chi connectivity index (χ0n) is 12.0. The number of amides is 2. The van der Waals surface area contributed by atoms with Gasteiger partial charge in [-0.25, -0.2) is 4.79 Å². The molecule has 1 aromatic rings. The van der Waals surface area contributed by atoms with Gasteiger partial charge in [-0.1, -0.05) is 23.7 Å². The molecule has 2 amide bonds.